The maximum atomic E-state index is 10.8. The molecule has 0 radical (unpaired) electrons. The van der Waals surface area contributed by atoms with Crippen LogP contribution in [0.1, 0.15) is 44.9 Å². The van der Waals surface area contributed by atoms with Crippen LogP contribution in [0.5, 0.6) is 0 Å². The lowest BCUT2D eigenvalue weighted by molar-refractivity contribution is -0.120. The molecule has 0 amide bonds. The minimum atomic E-state index is -3.95. The van der Waals surface area contributed by atoms with Gasteiger partial charge in [0.2, 0.25) is 0 Å². The predicted octanol–water partition coefficient (Wildman–Crippen LogP) is 1.84. The fraction of sp³-hybridized carbons (Fsp3) is 1.00. The van der Waals surface area contributed by atoms with Crippen molar-refractivity contribution in [2.75, 3.05) is 5.75 Å². The van der Waals surface area contributed by atoms with Gasteiger partial charge in [-0.15, -0.1) is 0 Å². The van der Waals surface area contributed by atoms with E-state index in [1.54, 1.807) is 0 Å². The van der Waals surface area contributed by atoms with Crippen LogP contribution in [0.3, 0.4) is 0 Å². The van der Waals surface area contributed by atoms with Gasteiger partial charge >= 0.3 is 0 Å². The third kappa shape index (κ3) is 2.32. The van der Waals surface area contributed by atoms with E-state index in [-0.39, 0.29) is 17.6 Å². The minimum absolute atomic E-state index is 0.0422. The summed E-state index contributed by atoms with van der Waals surface area (Å²) in [6, 6.07) is 0. The molecule has 0 saturated heterocycles. The normalized spacial score (nSPS) is 44.2. The highest BCUT2D eigenvalue weighted by molar-refractivity contribution is 7.85. The number of hydrogen-bond donors (Lipinski definition) is 2. The highest BCUT2D eigenvalue weighted by atomic mass is 32.2. The topological polar surface area (TPSA) is 74.6 Å². The van der Waals surface area contributed by atoms with E-state index in [0.29, 0.717) is 0 Å². The summed E-state index contributed by atoms with van der Waals surface area (Å²) >= 11 is 0. The summed E-state index contributed by atoms with van der Waals surface area (Å²) in [5, 5.41) is 10.4. The number of aliphatic hydroxyl groups is 1. The van der Waals surface area contributed by atoms with Crippen molar-refractivity contribution >= 4 is 10.1 Å². The first kappa shape index (κ1) is 12.9. The smallest absolute Gasteiger partial charge is 0.264 e. The van der Waals surface area contributed by atoms with E-state index in [9.17, 15) is 13.5 Å². The van der Waals surface area contributed by atoms with Gasteiger partial charge in [-0.3, -0.25) is 4.55 Å². The van der Waals surface area contributed by atoms with Crippen LogP contribution in [-0.4, -0.2) is 29.9 Å². The Kier molecular flexibility index (Phi) is 2.99. The molecule has 2 N–H and O–H groups in total. The van der Waals surface area contributed by atoms with Crippen molar-refractivity contribution in [2.45, 2.75) is 51.0 Å². The van der Waals surface area contributed by atoms with E-state index in [2.05, 4.69) is 0 Å². The average Bonchev–Trinajstić information content (AvgIpc) is 2.22. The first-order chi connectivity index (χ1) is 8.36. The van der Waals surface area contributed by atoms with E-state index in [0.717, 1.165) is 37.0 Å². The summed E-state index contributed by atoms with van der Waals surface area (Å²) < 4.78 is 30.4. The first-order valence-electron chi connectivity index (χ1n) is 6.99. The predicted molar refractivity (Wildman–Crippen MR) is 67.6 cm³/mol. The van der Waals surface area contributed by atoms with Crippen molar-refractivity contribution in [3.05, 3.63) is 0 Å². The lowest BCUT2D eigenvalue weighted by Gasteiger charge is -2.58. The Hall–Kier alpha value is -0.130. The zero-order chi connectivity index (χ0) is 13.0. The Morgan fingerprint density at radius 2 is 1.50 bits per heavy atom. The third-order valence-corrected chi connectivity index (χ3v) is 6.19. The molecule has 4 aliphatic carbocycles. The summed E-state index contributed by atoms with van der Waals surface area (Å²) in [6.07, 6.45) is 6.74. The zero-order valence-corrected chi connectivity index (χ0v) is 11.4. The van der Waals surface area contributed by atoms with Gasteiger partial charge in [0.25, 0.3) is 10.1 Å². The van der Waals surface area contributed by atoms with Crippen molar-refractivity contribution in [2.24, 2.45) is 23.2 Å². The second-order valence-corrected chi connectivity index (χ2v) is 8.44. The Morgan fingerprint density at radius 1 is 1.06 bits per heavy atom. The van der Waals surface area contributed by atoms with Gasteiger partial charge in [-0.1, -0.05) is 0 Å². The summed E-state index contributed by atoms with van der Waals surface area (Å²) in [6.45, 7) is 0. The number of rotatable bonds is 4. The van der Waals surface area contributed by atoms with Crippen LogP contribution in [0, 0.1) is 23.2 Å². The molecular weight excluding hydrogens is 252 g/mol. The van der Waals surface area contributed by atoms with Crippen molar-refractivity contribution in [3.8, 4) is 0 Å². The molecule has 4 fully saturated rings. The van der Waals surface area contributed by atoms with Gasteiger partial charge in [-0.05, 0) is 68.1 Å². The van der Waals surface area contributed by atoms with Gasteiger partial charge in [0.05, 0.1) is 11.9 Å². The maximum Gasteiger partial charge on any atom is 0.264 e. The fourth-order valence-corrected chi connectivity index (χ4v) is 5.67. The molecule has 0 aromatic heterocycles. The number of hydrogen-bond acceptors (Lipinski definition) is 3. The Morgan fingerprint density at radius 3 is 1.89 bits per heavy atom. The molecule has 0 spiro atoms. The highest BCUT2D eigenvalue weighted by Gasteiger charge is 2.53. The molecule has 4 rings (SSSR count). The maximum absolute atomic E-state index is 10.8. The molecule has 0 aliphatic heterocycles. The third-order valence-electron chi connectivity index (χ3n) is 5.44. The molecule has 4 nitrogen and oxygen atoms in total. The molecule has 4 aliphatic rings. The van der Waals surface area contributed by atoms with Gasteiger partial charge in [0.15, 0.2) is 0 Å². The summed E-state index contributed by atoms with van der Waals surface area (Å²) in [7, 11) is -3.95. The van der Waals surface area contributed by atoms with E-state index in [1.165, 1.54) is 19.3 Å². The Labute approximate surface area is 109 Å². The van der Waals surface area contributed by atoms with Gasteiger partial charge < -0.3 is 5.11 Å². The summed E-state index contributed by atoms with van der Waals surface area (Å²) in [4.78, 5) is 0. The SMILES string of the molecule is O=S(=O)(O)CCC(O)C12CC3CC(CC(C3)C1)C2. The quantitative estimate of drug-likeness (QED) is 0.767. The van der Waals surface area contributed by atoms with Gasteiger partial charge in [0.1, 0.15) is 0 Å². The summed E-state index contributed by atoms with van der Waals surface area (Å²) in [5.41, 5.74) is -0.0422. The molecule has 5 heteroatoms. The van der Waals surface area contributed by atoms with E-state index in [4.69, 9.17) is 4.55 Å². The minimum Gasteiger partial charge on any atom is -0.393 e. The molecule has 4 saturated carbocycles. The van der Waals surface area contributed by atoms with E-state index < -0.39 is 16.2 Å². The molecular formula is C13H22O4S. The largest absolute Gasteiger partial charge is 0.393 e. The average molecular weight is 274 g/mol. The van der Waals surface area contributed by atoms with Crippen LogP contribution < -0.4 is 0 Å². The van der Waals surface area contributed by atoms with Crippen molar-refractivity contribution in [1.29, 1.82) is 0 Å². The Bertz CT molecular complexity index is 393. The van der Waals surface area contributed by atoms with E-state index in [1.807, 2.05) is 0 Å². The first-order valence-corrected chi connectivity index (χ1v) is 8.60. The second-order valence-electron chi connectivity index (χ2n) is 6.87. The van der Waals surface area contributed by atoms with Crippen LogP contribution in [0.15, 0.2) is 0 Å². The van der Waals surface area contributed by atoms with Crippen molar-refractivity contribution < 1.29 is 18.1 Å². The van der Waals surface area contributed by atoms with Crippen molar-refractivity contribution in [1.82, 2.24) is 0 Å². The molecule has 4 bridgehead atoms. The molecule has 1 atom stereocenters. The van der Waals surface area contributed by atoms with Crippen LogP contribution in [-0.2, 0) is 10.1 Å². The monoisotopic (exact) mass is 274 g/mol. The van der Waals surface area contributed by atoms with E-state index >= 15 is 0 Å². The van der Waals surface area contributed by atoms with Gasteiger partial charge in [-0.2, -0.15) is 8.42 Å². The number of aliphatic hydroxyl groups excluding tert-OH is 1. The van der Waals surface area contributed by atoms with Gasteiger partial charge in [0, 0.05) is 0 Å². The molecule has 0 heterocycles. The van der Waals surface area contributed by atoms with Crippen LogP contribution in [0.25, 0.3) is 0 Å². The Balaban J connectivity index is 1.71. The second kappa shape index (κ2) is 4.18. The highest BCUT2D eigenvalue weighted by Crippen LogP contribution is 2.61. The molecule has 18 heavy (non-hydrogen) atoms. The molecule has 104 valence electrons. The molecule has 1 unspecified atom stereocenters. The van der Waals surface area contributed by atoms with Gasteiger partial charge in [-0.25, -0.2) is 0 Å². The van der Waals surface area contributed by atoms with Crippen molar-refractivity contribution in [3.63, 3.8) is 0 Å². The fourth-order valence-electron chi connectivity index (χ4n) is 5.15. The lowest BCUT2D eigenvalue weighted by atomic mass is 9.48. The standard InChI is InChI=1S/C13H22O4S/c14-12(1-2-18(15,16)17)13-6-9-3-10(7-13)5-11(4-9)8-13/h9-12,14H,1-8H2,(H,15,16,17). The zero-order valence-electron chi connectivity index (χ0n) is 10.6. The van der Waals surface area contributed by atoms with Crippen LogP contribution in [0.4, 0.5) is 0 Å². The molecule has 0 aromatic rings. The molecule has 0 aromatic carbocycles. The summed E-state index contributed by atoms with van der Waals surface area (Å²) in [5.74, 6) is 1.93. The van der Waals surface area contributed by atoms with Crippen LogP contribution in [0.2, 0.25) is 0 Å². The van der Waals surface area contributed by atoms with Crippen LogP contribution >= 0.6 is 0 Å². The lowest BCUT2D eigenvalue weighted by Crippen LogP contribution is -2.52.